The van der Waals surface area contributed by atoms with Crippen LogP contribution in [-0.2, 0) is 9.84 Å². The molecule has 0 radical (unpaired) electrons. The number of nitrogens with one attached hydrogen (secondary N) is 1. The number of fused-ring (bicyclic) bond motifs is 1. The minimum atomic E-state index is -4.74. The highest BCUT2D eigenvalue weighted by atomic mass is 32.2. The number of hydrogen-bond acceptors (Lipinski definition) is 2. The molecule has 1 heterocycles. The lowest BCUT2D eigenvalue weighted by Gasteiger charge is -2.06. The van der Waals surface area contributed by atoms with Gasteiger partial charge in [0.25, 0.3) is 0 Å². The predicted molar refractivity (Wildman–Crippen MR) is 56.4 cm³/mol. The summed E-state index contributed by atoms with van der Waals surface area (Å²) in [6.45, 7) is 0. The van der Waals surface area contributed by atoms with Crippen LogP contribution in [0.2, 0.25) is 0 Å². The molecule has 92 valence electrons. The lowest BCUT2D eigenvalue weighted by molar-refractivity contribution is -0.106. The van der Waals surface area contributed by atoms with Crippen LogP contribution in [0.3, 0.4) is 0 Å². The van der Waals surface area contributed by atoms with Gasteiger partial charge in [0.05, 0.1) is 4.90 Å². The normalized spacial score (nSPS) is 13.1. The molecule has 0 aliphatic heterocycles. The first-order chi connectivity index (χ1) is 7.80. The summed E-state index contributed by atoms with van der Waals surface area (Å²) in [7, 11) is -4.36. The second-order valence-corrected chi connectivity index (χ2v) is 5.53. The van der Waals surface area contributed by atoms with Crippen LogP contribution in [0.4, 0.5) is 13.2 Å². The van der Waals surface area contributed by atoms with Crippen LogP contribution in [0.1, 0.15) is 0 Å². The molecule has 2 aromatic rings. The maximum Gasteiger partial charge on any atom is 0.403 e. The molecule has 0 unspecified atom stereocenters. The number of rotatable bonds is 2. The van der Waals surface area contributed by atoms with E-state index in [4.69, 9.17) is 0 Å². The quantitative estimate of drug-likeness (QED) is 0.905. The molecule has 1 N–H and O–H groups in total. The fourth-order valence-corrected chi connectivity index (χ4v) is 2.93. The van der Waals surface area contributed by atoms with Crippen LogP contribution in [0.25, 0.3) is 10.9 Å². The third-order valence-electron chi connectivity index (χ3n) is 2.24. The zero-order valence-corrected chi connectivity index (χ0v) is 9.27. The van der Waals surface area contributed by atoms with Crippen LogP contribution in [0, 0.1) is 0 Å². The fraction of sp³-hybridized carbons (Fsp3) is 0.200. The topological polar surface area (TPSA) is 49.9 Å². The molecule has 1 aromatic heterocycles. The van der Waals surface area contributed by atoms with Crippen molar-refractivity contribution in [3.05, 3.63) is 30.5 Å². The van der Waals surface area contributed by atoms with Crippen molar-refractivity contribution in [1.82, 2.24) is 4.98 Å². The molecule has 0 saturated carbocycles. The summed E-state index contributed by atoms with van der Waals surface area (Å²) in [6.07, 6.45) is -3.65. The van der Waals surface area contributed by atoms with Gasteiger partial charge in [-0.1, -0.05) is 18.2 Å². The van der Waals surface area contributed by atoms with Crippen LogP contribution < -0.4 is 0 Å². The highest BCUT2D eigenvalue weighted by Crippen LogP contribution is 2.27. The lowest BCUT2D eigenvalue weighted by Crippen LogP contribution is -2.22. The van der Waals surface area contributed by atoms with Crippen LogP contribution >= 0.6 is 0 Å². The molecular weight excluding hydrogens is 255 g/mol. The second-order valence-electron chi connectivity index (χ2n) is 3.57. The van der Waals surface area contributed by atoms with Gasteiger partial charge >= 0.3 is 6.18 Å². The molecule has 0 aliphatic rings. The highest BCUT2D eigenvalue weighted by molar-refractivity contribution is 7.91. The van der Waals surface area contributed by atoms with Gasteiger partial charge in [0.1, 0.15) is 0 Å². The number of benzene rings is 1. The summed E-state index contributed by atoms with van der Waals surface area (Å²) in [4.78, 5) is 2.32. The standard InChI is InChI=1S/C10H8F3NO2S/c11-10(12,13)6-17(15,16)9-5-14-8-4-2-1-3-7(8)9/h1-5,14H,6H2. The van der Waals surface area contributed by atoms with E-state index in [0.29, 0.717) is 5.52 Å². The van der Waals surface area contributed by atoms with Gasteiger partial charge < -0.3 is 4.98 Å². The fourth-order valence-electron chi connectivity index (χ4n) is 1.60. The zero-order valence-electron chi connectivity index (χ0n) is 8.45. The predicted octanol–water partition coefficient (Wildman–Crippen LogP) is 2.50. The molecular formula is C10H8F3NO2S. The van der Waals surface area contributed by atoms with Crippen molar-refractivity contribution in [2.45, 2.75) is 11.1 Å². The average molecular weight is 263 g/mol. The van der Waals surface area contributed by atoms with E-state index in [1.165, 1.54) is 6.07 Å². The van der Waals surface area contributed by atoms with Gasteiger partial charge in [-0.05, 0) is 6.07 Å². The molecule has 3 nitrogen and oxygen atoms in total. The van der Waals surface area contributed by atoms with Gasteiger partial charge in [0.2, 0.25) is 0 Å². The first kappa shape index (κ1) is 12.0. The van der Waals surface area contributed by atoms with E-state index in [1.54, 1.807) is 18.2 Å². The Labute approximate surface area is 95.2 Å². The lowest BCUT2D eigenvalue weighted by atomic mass is 10.2. The molecule has 17 heavy (non-hydrogen) atoms. The summed E-state index contributed by atoms with van der Waals surface area (Å²) in [5.74, 6) is -1.85. The second kappa shape index (κ2) is 3.76. The van der Waals surface area contributed by atoms with Crippen molar-refractivity contribution in [1.29, 1.82) is 0 Å². The van der Waals surface area contributed by atoms with Gasteiger partial charge in [0.15, 0.2) is 15.6 Å². The third kappa shape index (κ3) is 2.44. The van der Waals surface area contributed by atoms with Gasteiger partial charge in [-0.2, -0.15) is 13.2 Å². The van der Waals surface area contributed by atoms with E-state index >= 15 is 0 Å². The highest BCUT2D eigenvalue weighted by Gasteiger charge is 2.36. The summed E-state index contributed by atoms with van der Waals surface area (Å²) in [5.41, 5.74) is 0.494. The maximum absolute atomic E-state index is 12.2. The first-order valence-electron chi connectivity index (χ1n) is 4.65. The molecule has 1 aromatic carbocycles. The van der Waals surface area contributed by atoms with Gasteiger partial charge in [0, 0.05) is 17.1 Å². The Hall–Kier alpha value is -1.50. The van der Waals surface area contributed by atoms with Crippen LogP contribution in [0.5, 0.6) is 0 Å². The molecule has 0 spiro atoms. The number of hydrogen-bond donors (Lipinski definition) is 1. The number of alkyl halides is 3. The van der Waals surface area contributed by atoms with Gasteiger partial charge in [-0.15, -0.1) is 0 Å². The van der Waals surface area contributed by atoms with Crippen molar-refractivity contribution in [2.24, 2.45) is 0 Å². The molecule has 0 atom stereocenters. The Bertz CT molecular complexity index is 643. The number of para-hydroxylation sites is 1. The summed E-state index contributed by atoms with van der Waals surface area (Å²) < 4.78 is 59.6. The Morgan fingerprint density at radius 3 is 2.47 bits per heavy atom. The van der Waals surface area contributed by atoms with E-state index in [0.717, 1.165) is 6.20 Å². The monoisotopic (exact) mass is 263 g/mol. The van der Waals surface area contributed by atoms with E-state index in [2.05, 4.69) is 4.98 Å². The van der Waals surface area contributed by atoms with Crippen LogP contribution in [0.15, 0.2) is 35.4 Å². The van der Waals surface area contributed by atoms with E-state index in [9.17, 15) is 21.6 Å². The molecule has 0 aliphatic carbocycles. The van der Waals surface area contributed by atoms with Crippen molar-refractivity contribution in [3.8, 4) is 0 Å². The molecule has 0 bridgehead atoms. The van der Waals surface area contributed by atoms with Crippen molar-refractivity contribution >= 4 is 20.7 Å². The summed E-state index contributed by atoms with van der Waals surface area (Å²) in [5, 5.41) is 0.275. The molecule has 0 amide bonds. The summed E-state index contributed by atoms with van der Waals surface area (Å²) in [6, 6.07) is 6.30. The van der Waals surface area contributed by atoms with Crippen molar-refractivity contribution in [3.63, 3.8) is 0 Å². The Kier molecular flexibility index (Phi) is 2.65. The molecule has 0 saturated heterocycles. The number of aromatic nitrogens is 1. The SMILES string of the molecule is O=S(=O)(CC(F)(F)F)c1c[nH]c2ccccc12. The maximum atomic E-state index is 12.2. The minimum Gasteiger partial charge on any atom is -0.360 e. The Balaban J connectivity index is 2.54. The largest absolute Gasteiger partial charge is 0.403 e. The first-order valence-corrected chi connectivity index (χ1v) is 6.30. The zero-order chi connectivity index (χ0) is 12.7. The van der Waals surface area contributed by atoms with E-state index in [1.807, 2.05) is 0 Å². The summed E-state index contributed by atoms with van der Waals surface area (Å²) >= 11 is 0. The van der Waals surface area contributed by atoms with E-state index in [-0.39, 0.29) is 10.3 Å². The third-order valence-corrected chi connectivity index (χ3v) is 3.96. The number of aromatic amines is 1. The van der Waals surface area contributed by atoms with Crippen molar-refractivity contribution in [2.75, 3.05) is 5.75 Å². The number of sulfone groups is 1. The Morgan fingerprint density at radius 1 is 1.18 bits per heavy atom. The van der Waals surface area contributed by atoms with Gasteiger partial charge in [-0.25, -0.2) is 8.42 Å². The number of halogens is 3. The molecule has 7 heteroatoms. The van der Waals surface area contributed by atoms with Gasteiger partial charge in [-0.3, -0.25) is 0 Å². The van der Waals surface area contributed by atoms with Crippen molar-refractivity contribution < 1.29 is 21.6 Å². The van der Waals surface area contributed by atoms with E-state index < -0.39 is 21.8 Å². The minimum absolute atomic E-state index is 0.275. The molecule has 2 rings (SSSR count). The Morgan fingerprint density at radius 2 is 1.82 bits per heavy atom. The number of H-pyrrole nitrogens is 1. The smallest absolute Gasteiger partial charge is 0.360 e. The molecule has 0 fully saturated rings. The average Bonchev–Trinajstić information content (AvgIpc) is 2.57. The van der Waals surface area contributed by atoms with Crippen LogP contribution in [-0.4, -0.2) is 25.3 Å².